The Hall–Kier alpha value is -3.13. The number of hydrogen-bond acceptors (Lipinski definition) is 4. The van der Waals surface area contributed by atoms with Crippen molar-refractivity contribution in [1.82, 2.24) is 9.27 Å². The van der Waals surface area contributed by atoms with Gasteiger partial charge in [0.1, 0.15) is 16.5 Å². The van der Waals surface area contributed by atoms with E-state index in [1.54, 1.807) is 35.2 Å². The monoisotopic (exact) mass is 413 g/mol. The van der Waals surface area contributed by atoms with Gasteiger partial charge in [0.25, 0.3) is 5.91 Å². The maximum atomic E-state index is 14.2. The van der Waals surface area contributed by atoms with Crippen molar-refractivity contribution in [2.45, 2.75) is 25.4 Å². The molecule has 2 amide bonds. The topological polar surface area (TPSA) is 76.3 Å². The Morgan fingerprint density at radius 1 is 1.21 bits per heavy atom. The molecule has 1 aliphatic carbocycles. The number of halogens is 2. The second kappa shape index (κ2) is 7.71. The minimum absolute atomic E-state index is 0.0814. The van der Waals surface area contributed by atoms with Gasteiger partial charge in [-0.25, -0.2) is 13.2 Å². The fourth-order valence-electron chi connectivity index (χ4n) is 3.82. The van der Waals surface area contributed by atoms with Crippen molar-refractivity contribution in [3.8, 4) is 0 Å². The van der Waals surface area contributed by atoms with Gasteiger partial charge in [-0.15, -0.1) is 0 Å². The maximum absolute atomic E-state index is 14.2. The Kier molecular flexibility index (Phi) is 5.10. The number of primary amides is 1. The molecule has 0 fully saturated rings. The Morgan fingerprint density at radius 2 is 2.00 bits per heavy atom. The fourth-order valence-corrected chi connectivity index (χ4v) is 4.37. The fraction of sp³-hybridized carbons (Fsp3) is 0.190. The van der Waals surface area contributed by atoms with Gasteiger partial charge in [-0.2, -0.15) is 0 Å². The number of aromatic nitrogens is 1. The molecule has 2 aromatic carbocycles. The summed E-state index contributed by atoms with van der Waals surface area (Å²) in [6.07, 6.45) is 2.38. The maximum Gasteiger partial charge on any atom is 0.266 e. The lowest BCUT2D eigenvalue weighted by Gasteiger charge is -2.30. The van der Waals surface area contributed by atoms with Gasteiger partial charge < -0.3 is 10.6 Å². The van der Waals surface area contributed by atoms with Crippen LogP contribution in [-0.4, -0.2) is 21.1 Å². The van der Waals surface area contributed by atoms with Crippen LogP contribution in [0.4, 0.5) is 8.78 Å². The van der Waals surface area contributed by atoms with Crippen LogP contribution in [-0.2, 0) is 13.0 Å². The lowest BCUT2D eigenvalue weighted by molar-refractivity contribution is 0.0661. The summed E-state index contributed by atoms with van der Waals surface area (Å²) in [5.74, 6) is -2.20. The van der Waals surface area contributed by atoms with E-state index in [0.29, 0.717) is 40.0 Å². The van der Waals surface area contributed by atoms with Crippen LogP contribution in [0.25, 0.3) is 0 Å². The zero-order chi connectivity index (χ0) is 20.5. The highest BCUT2D eigenvalue weighted by Gasteiger charge is 2.34. The number of carbonyl (C=O) groups excluding carboxylic acids is 2. The van der Waals surface area contributed by atoms with Gasteiger partial charge in [0.2, 0.25) is 5.91 Å². The quantitative estimate of drug-likeness (QED) is 0.690. The summed E-state index contributed by atoms with van der Waals surface area (Å²) in [6.45, 7) is 0.0814. The molecule has 148 valence electrons. The lowest BCUT2D eigenvalue weighted by Crippen LogP contribution is -2.34. The first-order valence-electron chi connectivity index (χ1n) is 9.03. The van der Waals surface area contributed by atoms with Gasteiger partial charge in [-0.3, -0.25) is 9.59 Å². The van der Waals surface area contributed by atoms with E-state index in [-0.39, 0.29) is 12.5 Å². The molecule has 4 rings (SSSR count). The van der Waals surface area contributed by atoms with Gasteiger partial charge in [0, 0.05) is 24.4 Å². The summed E-state index contributed by atoms with van der Waals surface area (Å²) in [4.78, 5) is 27.0. The Bertz CT molecular complexity index is 1090. The summed E-state index contributed by atoms with van der Waals surface area (Å²) in [7, 11) is 0. The highest BCUT2D eigenvalue weighted by atomic mass is 32.1. The van der Waals surface area contributed by atoms with Crippen LogP contribution >= 0.6 is 11.5 Å². The van der Waals surface area contributed by atoms with E-state index in [1.807, 2.05) is 0 Å². The summed E-state index contributed by atoms with van der Waals surface area (Å²) in [5.41, 5.74) is 7.23. The zero-order valence-corrected chi connectivity index (χ0v) is 16.1. The number of amides is 2. The van der Waals surface area contributed by atoms with Gasteiger partial charge >= 0.3 is 0 Å². The molecule has 1 aromatic heterocycles. The number of rotatable bonds is 5. The van der Waals surface area contributed by atoms with E-state index >= 15 is 0 Å². The molecule has 8 heteroatoms. The lowest BCUT2D eigenvalue weighted by atomic mass is 10.0. The summed E-state index contributed by atoms with van der Waals surface area (Å²) >= 11 is 1.05. The van der Waals surface area contributed by atoms with Gasteiger partial charge in [-0.1, -0.05) is 18.2 Å². The second-order valence-corrected chi connectivity index (χ2v) is 7.67. The van der Waals surface area contributed by atoms with Gasteiger partial charge in [0.15, 0.2) is 0 Å². The number of fused-ring (bicyclic) bond motifs is 1. The SMILES string of the molecule is NC(=O)c1ccccc1CN(C(=O)c1ccns1)[C@@H]1CCc2c(F)cc(F)cc21. The molecule has 29 heavy (non-hydrogen) atoms. The minimum atomic E-state index is -0.684. The largest absolute Gasteiger partial charge is 0.366 e. The molecule has 0 bridgehead atoms. The normalized spacial score (nSPS) is 15.2. The van der Waals surface area contributed by atoms with Gasteiger partial charge in [0.05, 0.1) is 6.04 Å². The van der Waals surface area contributed by atoms with E-state index < -0.39 is 23.6 Å². The van der Waals surface area contributed by atoms with E-state index in [0.717, 1.165) is 17.6 Å². The molecule has 0 saturated heterocycles. The molecular formula is C21H17F2N3O2S. The van der Waals surface area contributed by atoms with Crippen molar-refractivity contribution in [3.63, 3.8) is 0 Å². The first-order valence-corrected chi connectivity index (χ1v) is 9.80. The van der Waals surface area contributed by atoms with E-state index in [4.69, 9.17) is 5.73 Å². The number of nitrogens with two attached hydrogens (primary N) is 1. The highest BCUT2D eigenvalue weighted by Crippen LogP contribution is 2.39. The first kappa shape index (κ1) is 19.2. The molecule has 1 aliphatic rings. The third-order valence-electron chi connectivity index (χ3n) is 5.13. The van der Waals surface area contributed by atoms with Crippen LogP contribution in [0.3, 0.4) is 0 Å². The molecule has 1 heterocycles. The van der Waals surface area contributed by atoms with Crippen molar-refractivity contribution in [2.75, 3.05) is 0 Å². The standard InChI is InChI=1S/C21H17F2N3O2S/c22-13-9-16-15(17(23)10-13)5-6-18(16)26(21(28)19-7-8-25-29-19)11-12-3-1-2-4-14(12)20(24)27/h1-4,7-10,18H,5-6,11H2,(H2,24,27)/t18-/m1/s1. The van der Waals surface area contributed by atoms with Crippen molar-refractivity contribution in [1.29, 1.82) is 0 Å². The predicted molar refractivity (Wildman–Crippen MR) is 104 cm³/mol. The Morgan fingerprint density at radius 3 is 2.72 bits per heavy atom. The van der Waals surface area contributed by atoms with Crippen LogP contribution in [0.15, 0.2) is 48.7 Å². The number of benzene rings is 2. The average Bonchev–Trinajstić information content (AvgIpc) is 3.36. The van der Waals surface area contributed by atoms with E-state index in [1.165, 1.54) is 12.3 Å². The van der Waals surface area contributed by atoms with Crippen LogP contribution in [0.2, 0.25) is 0 Å². The zero-order valence-electron chi connectivity index (χ0n) is 15.3. The summed E-state index contributed by atoms with van der Waals surface area (Å²) < 4.78 is 32.1. The van der Waals surface area contributed by atoms with Crippen molar-refractivity contribution in [2.24, 2.45) is 5.73 Å². The predicted octanol–water partition coefficient (Wildman–Crippen LogP) is 3.85. The van der Waals surface area contributed by atoms with Crippen LogP contribution < -0.4 is 5.73 Å². The third kappa shape index (κ3) is 3.63. The highest BCUT2D eigenvalue weighted by molar-refractivity contribution is 7.08. The molecule has 0 unspecified atom stereocenters. The van der Waals surface area contributed by atoms with Crippen molar-refractivity contribution < 1.29 is 18.4 Å². The van der Waals surface area contributed by atoms with Crippen molar-refractivity contribution in [3.05, 3.63) is 87.4 Å². The molecule has 0 saturated carbocycles. The molecule has 5 nitrogen and oxygen atoms in total. The van der Waals surface area contributed by atoms with Crippen LogP contribution in [0.5, 0.6) is 0 Å². The number of nitrogens with zero attached hydrogens (tertiary/aromatic N) is 2. The molecule has 1 atom stereocenters. The summed E-state index contributed by atoms with van der Waals surface area (Å²) in [5, 5.41) is 0. The third-order valence-corrected chi connectivity index (χ3v) is 5.87. The minimum Gasteiger partial charge on any atom is -0.366 e. The second-order valence-electron chi connectivity index (χ2n) is 6.84. The smallest absolute Gasteiger partial charge is 0.266 e. The Labute approximate surface area is 169 Å². The summed E-state index contributed by atoms with van der Waals surface area (Å²) in [6, 6.07) is 9.97. The number of hydrogen-bond donors (Lipinski definition) is 1. The molecule has 3 aromatic rings. The molecule has 0 aliphatic heterocycles. The first-order chi connectivity index (χ1) is 14.0. The molecule has 0 radical (unpaired) electrons. The van der Waals surface area contributed by atoms with Gasteiger partial charge in [-0.05, 0) is 59.3 Å². The molecule has 0 spiro atoms. The Balaban J connectivity index is 1.78. The van der Waals surface area contributed by atoms with E-state index in [9.17, 15) is 18.4 Å². The van der Waals surface area contributed by atoms with Crippen molar-refractivity contribution >= 4 is 23.3 Å². The number of carbonyl (C=O) groups is 2. The van der Waals surface area contributed by atoms with Crippen LogP contribution in [0, 0.1) is 11.6 Å². The molecular weight excluding hydrogens is 396 g/mol. The van der Waals surface area contributed by atoms with Crippen LogP contribution in [0.1, 0.15) is 49.2 Å². The van der Waals surface area contributed by atoms with E-state index in [2.05, 4.69) is 4.37 Å². The molecule has 2 N–H and O–H groups in total. The average molecular weight is 413 g/mol.